The Hall–Kier alpha value is -3.73. The van der Waals surface area contributed by atoms with E-state index in [9.17, 15) is 0 Å². The highest BCUT2D eigenvalue weighted by Gasteiger charge is 2.15. The van der Waals surface area contributed by atoms with Crippen LogP contribution in [-0.2, 0) is 0 Å². The Labute approximate surface area is 218 Å². The lowest BCUT2D eigenvalue weighted by atomic mass is 10.1. The number of benzene rings is 6. The Kier molecular flexibility index (Phi) is 7.56. The molecule has 0 aromatic heterocycles. The van der Waals surface area contributed by atoms with Crippen molar-refractivity contribution in [3.63, 3.8) is 0 Å². The quantitative estimate of drug-likeness (QED) is 0.278. The SMILES string of the molecule is C[SiH](c1cccc2ccccc12)c1cccc2ccccc12.C[SiH](c1ccccc1)c1ccccc1. The van der Waals surface area contributed by atoms with E-state index in [0.29, 0.717) is 0 Å². The highest BCUT2D eigenvalue weighted by Crippen LogP contribution is 2.15. The molecule has 0 aliphatic rings. The van der Waals surface area contributed by atoms with Crippen LogP contribution < -0.4 is 20.7 Å². The summed E-state index contributed by atoms with van der Waals surface area (Å²) in [5, 5.41) is 11.6. The predicted molar refractivity (Wildman–Crippen MR) is 165 cm³/mol. The molecular weight excluding hydrogens is 465 g/mol. The topological polar surface area (TPSA) is 0 Å². The first-order valence-electron chi connectivity index (χ1n) is 12.8. The molecule has 0 spiro atoms. The second-order valence-corrected chi connectivity index (χ2v) is 14.9. The average Bonchev–Trinajstić information content (AvgIpc) is 2.97. The molecule has 176 valence electrons. The zero-order valence-corrected chi connectivity index (χ0v) is 23.3. The van der Waals surface area contributed by atoms with Crippen LogP contribution in [0.25, 0.3) is 21.5 Å². The number of fused-ring (bicyclic) bond motifs is 2. The molecule has 36 heavy (non-hydrogen) atoms. The molecule has 0 aliphatic heterocycles. The van der Waals surface area contributed by atoms with Crippen molar-refractivity contribution >= 4 is 59.9 Å². The monoisotopic (exact) mass is 496 g/mol. The highest BCUT2D eigenvalue weighted by molar-refractivity contribution is 6.87. The molecule has 2 heteroatoms. The van der Waals surface area contributed by atoms with E-state index >= 15 is 0 Å². The third kappa shape index (κ3) is 5.25. The van der Waals surface area contributed by atoms with Crippen LogP contribution >= 0.6 is 0 Å². The number of rotatable bonds is 4. The van der Waals surface area contributed by atoms with Crippen LogP contribution in [0.1, 0.15) is 0 Å². The van der Waals surface area contributed by atoms with E-state index in [4.69, 9.17) is 0 Å². The van der Waals surface area contributed by atoms with Gasteiger partial charge >= 0.3 is 0 Å². The van der Waals surface area contributed by atoms with Gasteiger partial charge in [0.25, 0.3) is 0 Å². The normalized spacial score (nSPS) is 11.0. The molecule has 6 aromatic rings. The fourth-order valence-corrected chi connectivity index (χ4v) is 9.68. The van der Waals surface area contributed by atoms with E-state index in [1.54, 1.807) is 0 Å². The maximum Gasteiger partial charge on any atom is 0.101 e. The number of hydrogen-bond donors (Lipinski definition) is 0. The first kappa shape index (κ1) is 24.0. The smallest absolute Gasteiger partial charge is 0.0642 e. The average molecular weight is 497 g/mol. The third-order valence-corrected chi connectivity index (χ3v) is 12.8. The van der Waals surface area contributed by atoms with E-state index < -0.39 is 17.6 Å². The van der Waals surface area contributed by atoms with E-state index in [1.807, 2.05) is 0 Å². The molecule has 0 saturated carbocycles. The van der Waals surface area contributed by atoms with E-state index in [0.717, 1.165) is 0 Å². The van der Waals surface area contributed by atoms with Gasteiger partial charge in [0.2, 0.25) is 0 Å². The largest absolute Gasteiger partial charge is 0.101 e. The highest BCUT2D eigenvalue weighted by atomic mass is 28.3. The first-order chi connectivity index (χ1) is 17.7. The second kappa shape index (κ2) is 11.3. The number of hydrogen-bond acceptors (Lipinski definition) is 0. The van der Waals surface area contributed by atoms with Gasteiger partial charge in [-0.25, -0.2) is 0 Å². The molecule has 0 saturated heterocycles. The van der Waals surface area contributed by atoms with E-state index in [2.05, 4.69) is 159 Å². The fourth-order valence-electron chi connectivity index (χ4n) is 5.10. The molecule has 0 nitrogen and oxygen atoms in total. The van der Waals surface area contributed by atoms with Gasteiger partial charge in [-0.3, -0.25) is 0 Å². The molecule has 0 amide bonds. The molecule has 0 unspecified atom stereocenters. The van der Waals surface area contributed by atoms with Crippen molar-refractivity contribution in [3.8, 4) is 0 Å². The van der Waals surface area contributed by atoms with Crippen LogP contribution in [0.2, 0.25) is 13.1 Å². The predicted octanol–water partition coefficient (Wildman–Crippen LogP) is 5.62. The summed E-state index contributed by atoms with van der Waals surface area (Å²) < 4.78 is 0. The van der Waals surface area contributed by atoms with Crippen molar-refractivity contribution in [2.24, 2.45) is 0 Å². The lowest BCUT2D eigenvalue weighted by molar-refractivity contribution is 1.72. The van der Waals surface area contributed by atoms with Gasteiger partial charge < -0.3 is 0 Å². The minimum atomic E-state index is -1.22. The fraction of sp³-hybridized carbons (Fsp3) is 0.0588. The van der Waals surface area contributed by atoms with Gasteiger partial charge in [0, 0.05) is 0 Å². The summed E-state index contributed by atoms with van der Waals surface area (Å²) in [6, 6.07) is 52.6. The van der Waals surface area contributed by atoms with Crippen molar-refractivity contribution < 1.29 is 0 Å². The van der Waals surface area contributed by atoms with Gasteiger partial charge in [-0.15, -0.1) is 0 Å². The lowest BCUT2D eigenvalue weighted by Crippen LogP contribution is -2.40. The van der Waals surface area contributed by atoms with Crippen molar-refractivity contribution in [1.29, 1.82) is 0 Å². The van der Waals surface area contributed by atoms with E-state index in [-0.39, 0.29) is 0 Å². The van der Waals surface area contributed by atoms with Crippen molar-refractivity contribution in [2.75, 3.05) is 0 Å². The Morgan fingerprint density at radius 2 is 0.694 bits per heavy atom. The second-order valence-electron chi connectivity index (χ2n) is 9.40. The summed E-state index contributed by atoms with van der Waals surface area (Å²) in [6.07, 6.45) is 0. The summed E-state index contributed by atoms with van der Waals surface area (Å²) in [6.45, 7) is 4.83. The van der Waals surface area contributed by atoms with Crippen LogP contribution in [-0.4, -0.2) is 17.6 Å². The lowest BCUT2D eigenvalue weighted by Gasteiger charge is -2.16. The first-order valence-corrected chi connectivity index (χ1v) is 17.4. The summed E-state index contributed by atoms with van der Waals surface area (Å²) in [4.78, 5) is 0. The summed E-state index contributed by atoms with van der Waals surface area (Å²) in [7, 11) is -2.14. The molecule has 0 N–H and O–H groups in total. The minimum Gasteiger partial charge on any atom is -0.0642 e. The Morgan fingerprint density at radius 1 is 0.333 bits per heavy atom. The molecular formula is C34H32Si2. The summed E-state index contributed by atoms with van der Waals surface area (Å²) in [5.74, 6) is 0. The summed E-state index contributed by atoms with van der Waals surface area (Å²) >= 11 is 0. The molecule has 0 aliphatic carbocycles. The molecule has 0 heterocycles. The Balaban J connectivity index is 0.000000165. The van der Waals surface area contributed by atoms with Crippen LogP contribution in [0, 0.1) is 0 Å². The van der Waals surface area contributed by atoms with Gasteiger partial charge in [-0.05, 0) is 21.5 Å². The Bertz CT molecular complexity index is 1430. The van der Waals surface area contributed by atoms with Crippen LogP contribution in [0.15, 0.2) is 146 Å². The van der Waals surface area contributed by atoms with Gasteiger partial charge in [0.05, 0.1) is 8.80 Å². The van der Waals surface area contributed by atoms with Crippen molar-refractivity contribution in [1.82, 2.24) is 0 Å². The minimum absolute atomic E-state index is 0.919. The zero-order valence-electron chi connectivity index (χ0n) is 21.0. The van der Waals surface area contributed by atoms with Gasteiger partial charge in [-0.2, -0.15) is 0 Å². The molecule has 6 aromatic carbocycles. The molecule has 0 atom stereocenters. The third-order valence-electron chi connectivity index (χ3n) is 7.18. The van der Waals surface area contributed by atoms with E-state index in [1.165, 1.54) is 42.3 Å². The maximum atomic E-state index is 2.45. The summed E-state index contributed by atoms with van der Waals surface area (Å²) in [5.41, 5.74) is 0. The molecule has 0 fully saturated rings. The van der Waals surface area contributed by atoms with Crippen LogP contribution in [0.5, 0.6) is 0 Å². The van der Waals surface area contributed by atoms with Gasteiger partial charge in [0.15, 0.2) is 0 Å². The molecule has 0 bridgehead atoms. The Morgan fingerprint density at radius 3 is 1.14 bits per heavy atom. The van der Waals surface area contributed by atoms with Crippen LogP contribution in [0.4, 0.5) is 0 Å². The molecule has 6 rings (SSSR count). The maximum absolute atomic E-state index is 2.45. The zero-order chi connectivity index (χ0) is 24.7. The standard InChI is InChI=1S/C21H18Si.C13H14Si/c1-22(20-14-6-10-16-8-2-4-12-18(16)20)21-15-7-11-17-9-3-5-13-19(17)21;1-14(12-8-4-2-5-9-12)13-10-6-3-7-11-13/h2-15,22H,1H3;2-11,14H,1H3. The van der Waals surface area contributed by atoms with Crippen LogP contribution in [0.3, 0.4) is 0 Å². The van der Waals surface area contributed by atoms with Gasteiger partial charge in [0.1, 0.15) is 8.80 Å². The molecule has 0 radical (unpaired) electrons. The van der Waals surface area contributed by atoms with Crippen molar-refractivity contribution in [2.45, 2.75) is 13.1 Å². The van der Waals surface area contributed by atoms with Crippen molar-refractivity contribution in [3.05, 3.63) is 146 Å². The van der Waals surface area contributed by atoms with Gasteiger partial charge in [-0.1, -0.05) is 179 Å².